The third-order valence-corrected chi connectivity index (χ3v) is 3.58. The highest BCUT2D eigenvalue weighted by Gasteiger charge is 2.25. The van der Waals surface area contributed by atoms with Crippen LogP contribution >= 0.6 is 0 Å². The van der Waals surface area contributed by atoms with Crippen LogP contribution in [0.15, 0.2) is 42.5 Å². The number of fused-ring (bicyclic) bond motifs is 1. The molecule has 0 bridgehead atoms. The van der Waals surface area contributed by atoms with Gasteiger partial charge in [0.2, 0.25) is 0 Å². The van der Waals surface area contributed by atoms with Crippen LogP contribution < -0.4 is 0 Å². The van der Waals surface area contributed by atoms with Gasteiger partial charge in [-0.2, -0.15) is 0 Å². The second-order valence-electron chi connectivity index (χ2n) is 4.95. The van der Waals surface area contributed by atoms with Crippen molar-refractivity contribution in [2.75, 3.05) is 13.2 Å². The molecule has 1 atom stereocenters. The summed E-state index contributed by atoms with van der Waals surface area (Å²) in [6.45, 7) is 3.78. The van der Waals surface area contributed by atoms with E-state index in [1.54, 1.807) is 0 Å². The molecule has 0 aliphatic carbocycles. The van der Waals surface area contributed by atoms with Gasteiger partial charge in [-0.15, -0.1) is 0 Å². The van der Waals surface area contributed by atoms with E-state index in [0.29, 0.717) is 19.7 Å². The van der Waals surface area contributed by atoms with Crippen molar-refractivity contribution in [1.29, 1.82) is 0 Å². The quantitative estimate of drug-likeness (QED) is 0.825. The number of carbonyl (C=O) groups excluding carboxylic acids is 1. The van der Waals surface area contributed by atoms with Crippen LogP contribution in [0.3, 0.4) is 0 Å². The smallest absolute Gasteiger partial charge is 0.251 e. The first kappa shape index (κ1) is 12.2. The topological polar surface area (TPSA) is 29.5 Å². The van der Waals surface area contributed by atoms with Gasteiger partial charge >= 0.3 is 0 Å². The molecular formula is C16H17NO2. The first-order valence-corrected chi connectivity index (χ1v) is 6.62. The lowest BCUT2D eigenvalue weighted by atomic mass is 10.1. The molecule has 3 rings (SSSR count). The number of hydrogen-bond donors (Lipinski definition) is 0. The molecular weight excluding hydrogens is 238 g/mol. The van der Waals surface area contributed by atoms with Crippen LogP contribution in [0.25, 0.3) is 10.8 Å². The Morgan fingerprint density at radius 3 is 2.84 bits per heavy atom. The highest BCUT2D eigenvalue weighted by molar-refractivity contribution is 5.83. The molecule has 2 aromatic rings. The lowest BCUT2D eigenvalue weighted by Crippen LogP contribution is -2.45. The highest BCUT2D eigenvalue weighted by atomic mass is 16.5. The Kier molecular flexibility index (Phi) is 3.22. The zero-order chi connectivity index (χ0) is 13.2. The molecule has 0 saturated carbocycles. The Bertz CT molecular complexity index is 608. The average Bonchev–Trinajstić information content (AvgIpc) is 2.44. The van der Waals surface area contributed by atoms with Crippen molar-refractivity contribution in [2.24, 2.45) is 0 Å². The molecule has 1 fully saturated rings. The number of rotatable bonds is 2. The minimum atomic E-state index is -0.311. The summed E-state index contributed by atoms with van der Waals surface area (Å²) in [5.74, 6) is 0.0828. The first-order chi connectivity index (χ1) is 9.24. The van der Waals surface area contributed by atoms with Crippen molar-refractivity contribution >= 4 is 16.7 Å². The monoisotopic (exact) mass is 255 g/mol. The normalized spacial score (nSPS) is 19.9. The van der Waals surface area contributed by atoms with E-state index in [9.17, 15) is 4.79 Å². The fraction of sp³-hybridized carbons (Fsp3) is 0.312. The molecule has 2 aromatic carbocycles. The number of carbonyl (C=O) groups is 1. The molecule has 0 N–H and O–H groups in total. The van der Waals surface area contributed by atoms with Crippen molar-refractivity contribution in [3.8, 4) is 0 Å². The lowest BCUT2D eigenvalue weighted by Gasteiger charge is -2.30. The molecule has 1 aliphatic rings. The fourth-order valence-electron chi connectivity index (χ4n) is 2.49. The van der Waals surface area contributed by atoms with E-state index in [-0.39, 0.29) is 12.0 Å². The molecule has 1 amide bonds. The van der Waals surface area contributed by atoms with Gasteiger partial charge in [0.05, 0.1) is 6.61 Å². The average molecular weight is 255 g/mol. The Morgan fingerprint density at radius 2 is 2.00 bits per heavy atom. The number of hydrogen-bond acceptors (Lipinski definition) is 2. The predicted octanol–water partition coefficient (Wildman–Crippen LogP) is 2.59. The third kappa shape index (κ3) is 2.47. The number of nitrogens with zero attached hydrogens (tertiary/aromatic N) is 1. The predicted molar refractivity (Wildman–Crippen MR) is 74.8 cm³/mol. The van der Waals surface area contributed by atoms with Gasteiger partial charge in [0.15, 0.2) is 0 Å². The number of amides is 1. The van der Waals surface area contributed by atoms with Crippen molar-refractivity contribution in [1.82, 2.24) is 4.90 Å². The van der Waals surface area contributed by atoms with Gasteiger partial charge in [-0.1, -0.05) is 36.4 Å². The Labute approximate surface area is 112 Å². The molecule has 0 aromatic heterocycles. The Morgan fingerprint density at radius 1 is 1.21 bits per heavy atom. The summed E-state index contributed by atoms with van der Waals surface area (Å²) in [6.07, 6.45) is -0.311. The molecule has 1 heterocycles. The van der Waals surface area contributed by atoms with Gasteiger partial charge in [-0.05, 0) is 29.3 Å². The van der Waals surface area contributed by atoms with E-state index < -0.39 is 0 Å². The molecule has 0 radical (unpaired) electrons. The Hall–Kier alpha value is -1.87. The molecule has 3 nitrogen and oxygen atoms in total. The van der Waals surface area contributed by atoms with E-state index in [0.717, 1.165) is 0 Å². The summed E-state index contributed by atoms with van der Waals surface area (Å²) < 4.78 is 5.34. The largest absolute Gasteiger partial charge is 0.367 e. The van der Waals surface area contributed by atoms with Crippen molar-refractivity contribution in [3.05, 3.63) is 48.0 Å². The van der Waals surface area contributed by atoms with Gasteiger partial charge in [0, 0.05) is 13.1 Å². The summed E-state index contributed by atoms with van der Waals surface area (Å²) in [4.78, 5) is 13.9. The van der Waals surface area contributed by atoms with E-state index >= 15 is 0 Å². The minimum absolute atomic E-state index is 0.0828. The standard InChI is InChI=1S/C16H17NO2/c1-12-16(18)17(8-9-19-12)11-13-6-7-14-4-2-3-5-15(14)10-13/h2-7,10,12H,8-9,11H2,1H3. The molecule has 98 valence electrons. The maximum atomic E-state index is 12.0. The van der Waals surface area contributed by atoms with Crippen molar-refractivity contribution in [3.63, 3.8) is 0 Å². The van der Waals surface area contributed by atoms with Crippen molar-refractivity contribution < 1.29 is 9.53 Å². The van der Waals surface area contributed by atoms with Gasteiger partial charge in [-0.3, -0.25) is 4.79 Å². The molecule has 1 aliphatic heterocycles. The van der Waals surface area contributed by atoms with E-state index in [2.05, 4.69) is 30.3 Å². The van der Waals surface area contributed by atoms with Gasteiger partial charge in [0.1, 0.15) is 6.10 Å². The van der Waals surface area contributed by atoms with E-state index in [1.165, 1.54) is 16.3 Å². The summed E-state index contributed by atoms with van der Waals surface area (Å²) >= 11 is 0. The second kappa shape index (κ2) is 5.02. The molecule has 1 unspecified atom stereocenters. The maximum absolute atomic E-state index is 12.0. The van der Waals surface area contributed by atoms with Crippen LogP contribution in [-0.4, -0.2) is 30.1 Å². The molecule has 19 heavy (non-hydrogen) atoms. The van der Waals surface area contributed by atoms with E-state index in [1.807, 2.05) is 24.0 Å². The van der Waals surface area contributed by atoms with Gasteiger partial charge in [0.25, 0.3) is 5.91 Å². The SMILES string of the molecule is CC1OCCN(Cc2ccc3ccccc3c2)C1=O. The zero-order valence-corrected chi connectivity index (χ0v) is 11.0. The van der Waals surface area contributed by atoms with Crippen LogP contribution in [-0.2, 0) is 16.1 Å². The highest BCUT2D eigenvalue weighted by Crippen LogP contribution is 2.18. The van der Waals surface area contributed by atoms with Gasteiger partial charge < -0.3 is 9.64 Å². The van der Waals surface area contributed by atoms with Crippen molar-refractivity contribution in [2.45, 2.75) is 19.6 Å². The lowest BCUT2D eigenvalue weighted by molar-refractivity contribution is -0.152. The summed E-state index contributed by atoms with van der Waals surface area (Å²) in [5, 5.41) is 2.45. The number of benzene rings is 2. The summed E-state index contributed by atoms with van der Waals surface area (Å²) in [5.41, 5.74) is 1.17. The van der Waals surface area contributed by atoms with Crippen LogP contribution in [0.5, 0.6) is 0 Å². The number of ether oxygens (including phenoxy) is 1. The number of morpholine rings is 1. The van der Waals surface area contributed by atoms with E-state index in [4.69, 9.17) is 4.74 Å². The van der Waals surface area contributed by atoms with Crippen LogP contribution in [0.1, 0.15) is 12.5 Å². The third-order valence-electron chi connectivity index (χ3n) is 3.58. The van der Waals surface area contributed by atoms with Crippen LogP contribution in [0, 0.1) is 0 Å². The zero-order valence-electron chi connectivity index (χ0n) is 11.0. The summed E-state index contributed by atoms with van der Waals surface area (Å²) in [6, 6.07) is 14.6. The summed E-state index contributed by atoms with van der Waals surface area (Å²) in [7, 11) is 0. The van der Waals surface area contributed by atoms with Gasteiger partial charge in [-0.25, -0.2) is 0 Å². The maximum Gasteiger partial charge on any atom is 0.251 e. The first-order valence-electron chi connectivity index (χ1n) is 6.62. The Balaban J connectivity index is 1.83. The second-order valence-corrected chi connectivity index (χ2v) is 4.95. The fourth-order valence-corrected chi connectivity index (χ4v) is 2.49. The van der Waals surface area contributed by atoms with Crippen LogP contribution in [0.4, 0.5) is 0 Å². The molecule has 0 spiro atoms. The minimum Gasteiger partial charge on any atom is -0.367 e. The molecule has 3 heteroatoms. The van der Waals surface area contributed by atoms with Crippen LogP contribution in [0.2, 0.25) is 0 Å². The molecule has 1 saturated heterocycles.